The van der Waals surface area contributed by atoms with Gasteiger partial charge < -0.3 is 15.0 Å². The van der Waals surface area contributed by atoms with Crippen LogP contribution in [0.4, 0.5) is 0 Å². The van der Waals surface area contributed by atoms with Gasteiger partial charge in [-0.15, -0.1) is 24.0 Å². The largest absolute Gasteiger partial charge is 0.494 e. The Morgan fingerprint density at radius 2 is 1.92 bits per heavy atom. The van der Waals surface area contributed by atoms with Crippen LogP contribution in [0.25, 0.3) is 0 Å². The summed E-state index contributed by atoms with van der Waals surface area (Å²) in [5.74, 6) is 1.74. The molecule has 0 aliphatic rings. The summed E-state index contributed by atoms with van der Waals surface area (Å²) >= 11 is 0. The molecule has 25 heavy (non-hydrogen) atoms. The second kappa shape index (κ2) is 10.9. The highest BCUT2D eigenvalue weighted by atomic mass is 127. The Hall–Kier alpha value is -1.83. The van der Waals surface area contributed by atoms with Crippen molar-refractivity contribution < 1.29 is 4.74 Å². The van der Waals surface area contributed by atoms with Crippen LogP contribution in [-0.4, -0.2) is 36.5 Å². The molecule has 136 valence electrons. The molecule has 0 aliphatic heterocycles. The second-order valence-corrected chi connectivity index (χ2v) is 5.60. The summed E-state index contributed by atoms with van der Waals surface area (Å²) in [5.41, 5.74) is 3.23. The highest BCUT2D eigenvalue weighted by Gasteiger charge is 2.07. The lowest BCUT2D eigenvalue weighted by atomic mass is 10.2. The van der Waals surface area contributed by atoms with E-state index in [0.717, 1.165) is 29.6 Å². The normalized spacial score (nSPS) is 10.8. The van der Waals surface area contributed by atoms with Crippen LogP contribution >= 0.6 is 24.0 Å². The number of aliphatic imine (C=N–C) groups is 1. The van der Waals surface area contributed by atoms with Crippen molar-refractivity contribution in [2.45, 2.75) is 26.9 Å². The van der Waals surface area contributed by atoms with Crippen molar-refractivity contribution >= 4 is 29.9 Å². The van der Waals surface area contributed by atoms with E-state index < -0.39 is 0 Å². The Morgan fingerprint density at radius 3 is 2.52 bits per heavy atom. The fraction of sp³-hybridized carbons (Fsp3) is 0.368. The fourth-order valence-corrected chi connectivity index (χ4v) is 2.46. The number of hydrogen-bond acceptors (Lipinski definition) is 3. The number of rotatable bonds is 6. The zero-order valence-electron chi connectivity index (χ0n) is 15.3. The van der Waals surface area contributed by atoms with Gasteiger partial charge in [-0.3, -0.25) is 9.98 Å². The Morgan fingerprint density at radius 1 is 1.20 bits per heavy atom. The molecule has 1 N–H and O–H groups in total. The molecule has 0 aliphatic carbocycles. The van der Waals surface area contributed by atoms with Gasteiger partial charge in [0.1, 0.15) is 5.75 Å². The van der Waals surface area contributed by atoms with Gasteiger partial charge >= 0.3 is 0 Å². The summed E-state index contributed by atoms with van der Waals surface area (Å²) in [4.78, 5) is 10.9. The van der Waals surface area contributed by atoms with Gasteiger partial charge in [0, 0.05) is 26.3 Å². The Labute approximate surface area is 167 Å². The molecule has 2 rings (SSSR count). The van der Waals surface area contributed by atoms with Gasteiger partial charge in [0.05, 0.1) is 18.8 Å². The lowest BCUT2D eigenvalue weighted by molar-refractivity contribution is 0.340. The van der Waals surface area contributed by atoms with Crippen molar-refractivity contribution in [2.75, 3.05) is 20.7 Å². The first-order valence-corrected chi connectivity index (χ1v) is 8.18. The number of hydrogen-bond donors (Lipinski definition) is 1. The van der Waals surface area contributed by atoms with Crippen molar-refractivity contribution in [3.05, 3.63) is 59.4 Å². The first-order chi connectivity index (χ1) is 11.6. The van der Waals surface area contributed by atoms with E-state index >= 15 is 0 Å². The van der Waals surface area contributed by atoms with E-state index in [1.54, 1.807) is 7.05 Å². The molecule has 0 spiro atoms. The summed E-state index contributed by atoms with van der Waals surface area (Å²) in [6.45, 7) is 6.09. The molecular weight excluding hydrogens is 427 g/mol. The number of ether oxygens (including phenoxy) is 1. The smallest absolute Gasteiger partial charge is 0.194 e. The van der Waals surface area contributed by atoms with Crippen LogP contribution < -0.4 is 10.1 Å². The predicted molar refractivity (Wildman–Crippen MR) is 114 cm³/mol. The van der Waals surface area contributed by atoms with Gasteiger partial charge in [0.25, 0.3) is 0 Å². The maximum Gasteiger partial charge on any atom is 0.194 e. The van der Waals surface area contributed by atoms with E-state index in [1.165, 1.54) is 5.56 Å². The molecule has 0 saturated carbocycles. The highest BCUT2D eigenvalue weighted by Crippen LogP contribution is 2.13. The molecule has 0 atom stereocenters. The Bertz CT molecular complexity index is 673. The molecule has 0 fully saturated rings. The lowest BCUT2D eigenvalue weighted by Gasteiger charge is -2.22. The van der Waals surface area contributed by atoms with Crippen LogP contribution in [-0.2, 0) is 13.1 Å². The SMILES string of the molecule is CCOc1ccc(CN(C)C(=NC)NCc2cccc(C)n2)cc1.I. The number of benzene rings is 1. The molecule has 1 heterocycles. The van der Waals surface area contributed by atoms with Crippen molar-refractivity contribution in [3.63, 3.8) is 0 Å². The van der Waals surface area contributed by atoms with Gasteiger partial charge in [0.15, 0.2) is 5.96 Å². The van der Waals surface area contributed by atoms with Crippen LogP contribution in [0.2, 0.25) is 0 Å². The number of pyridine rings is 1. The zero-order chi connectivity index (χ0) is 17.4. The van der Waals surface area contributed by atoms with Gasteiger partial charge in [-0.1, -0.05) is 18.2 Å². The number of nitrogens with one attached hydrogen (secondary N) is 1. The number of nitrogens with zero attached hydrogens (tertiary/aromatic N) is 3. The predicted octanol–water partition coefficient (Wildman–Crippen LogP) is 3.61. The van der Waals surface area contributed by atoms with E-state index in [2.05, 4.69) is 32.3 Å². The van der Waals surface area contributed by atoms with Gasteiger partial charge in [-0.05, 0) is 43.7 Å². The minimum absolute atomic E-state index is 0. The lowest BCUT2D eigenvalue weighted by Crippen LogP contribution is -2.38. The molecule has 2 aromatic rings. The minimum Gasteiger partial charge on any atom is -0.494 e. The third-order valence-corrected chi connectivity index (χ3v) is 3.60. The van der Waals surface area contributed by atoms with Crippen molar-refractivity contribution in [2.24, 2.45) is 4.99 Å². The third-order valence-electron chi connectivity index (χ3n) is 3.60. The number of halogens is 1. The summed E-state index contributed by atoms with van der Waals surface area (Å²) in [6, 6.07) is 14.2. The van der Waals surface area contributed by atoms with Crippen LogP contribution in [0.15, 0.2) is 47.5 Å². The van der Waals surface area contributed by atoms with E-state index in [9.17, 15) is 0 Å². The average Bonchev–Trinajstić information content (AvgIpc) is 2.57. The number of guanidine groups is 1. The van der Waals surface area contributed by atoms with Crippen molar-refractivity contribution in [3.8, 4) is 5.75 Å². The quantitative estimate of drug-likeness (QED) is 0.412. The summed E-state index contributed by atoms with van der Waals surface area (Å²) in [5, 5.41) is 3.35. The molecule has 1 aromatic carbocycles. The standard InChI is InChI=1S/C19H26N4O.HI/c1-5-24-18-11-9-16(10-12-18)14-23(4)19(20-3)21-13-17-8-6-7-15(2)22-17;/h6-12H,5,13-14H2,1-4H3,(H,20,21);1H. The van der Waals surface area contributed by atoms with E-state index in [1.807, 2.05) is 51.2 Å². The molecule has 1 aromatic heterocycles. The number of aryl methyl sites for hydroxylation is 1. The van der Waals surface area contributed by atoms with E-state index in [0.29, 0.717) is 13.2 Å². The van der Waals surface area contributed by atoms with E-state index in [4.69, 9.17) is 4.74 Å². The van der Waals surface area contributed by atoms with Crippen molar-refractivity contribution in [1.82, 2.24) is 15.2 Å². The maximum absolute atomic E-state index is 5.48. The maximum atomic E-state index is 5.48. The fourth-order valence-electron chi connectivity index (χ4n) is 2.46. The first-order valence-electron chi connectivity index (χ1n) is 8.18. The molecule has 0 radical (unpaired) electrons. The molecule has 0 unspecified atom stereocenters. The average molecular weight is 454 g/mol. The minimum atomic E-state index is 0. The molecule has 0 bridgehead atoms. The summed E-state index contributed by atoms with van der Waals surface area (Å²) in [6.07, 6.45) is 0. The zero-order valence-corrected chi connectivity index (χ0v) is 17.7. The second-order valence-electron chi connectivity index (χ2n) is 5.60. The Balaban J connectivity index is 0.00000312. The number of aromatic nitrogens is 1. The van der Waals surface area contributed by atoms with Gasteiger partial charge in [-0.25, -0.2) is 0 Å². The van der Waals surface area contributed by atoms with Crippen LogP contribution in [0, 0.1) is 6.92 Å². The van der Waals surface area contributed by atoms with Crippen molar-refractivity contribution in [1.29, 1.82) is 0 Å². The highest BCUT2D eigenvalue weighted by molar-refractivity contribution is 14.0. The molecule has 6 heteroatoms. The van der Waals surface area contributed by atoms with Gasteiger partial charge in [-0.2, -0.15) is 0 Å². The molecule has 0 saturated heterocycles. The molecular formula is C19H27IN4O. The van der Waals surface area contributed by atoms with Crippen LogP contribution in [0.5, 0.6) is 5.75 Å². The third kappa shape index (κ3) is 6.89. The summed E-state index contributed by atoms with van der Waals surface area (Å²) in [7, 11) is 3.82. The molecule has 5 nitrogen and oxygen atoms in total. The topological polar surface area (TPSA) is 49.8 Å². The monoisotopic (exact) mass is 454 g/mol. The van der Waals surface area contributed by atoms with Crippen LogP contribution in [0.3, 0.4) is 0 Å². The summed E-state index contributed by atoms with van der Waals surface area (Å²) < 4.78 is 5.48. The first kappa shape index (κ1) is 21.2. The van der Waals surface area contributed by atoms with Crippen LogP contribution in [0.1, 0.15) is 23.9 Å². The van der Waals surface area contributed by atoms with Gasteiger partial charge in [0.2, 0.25) is 0 Å². The molecule has 0 amide bonds. The van der Waals surface area contributed by atoms with E-state index in [-0.39, 0.29) is 24.0 Å². The Kier molecular flexibility index (Phi) is 9.26.